The van der Waals surface area contributed by atoms with Crippen LogP contribution in [-0.2, 0) is 14.2 Å². The minimum Gasteiger partial charge on any atom is -0.381 e. The van der Waals surface area contributed by atoms with Crippen molar-refractivity contribution in [2.24, 2.45) is 5.92 Å². The fraction of sp³-hybridized carbons (Fsp3) is 1.00. The quantitative estimate of drug-likeness (QED) is 0.745. The number of hydrogen-bond donors (Lipinski definition) is 0. The molecule has 2 saturated heterocycles. The summed E-state index contributed by atoms with van der Waals surface area (Å²) in [6, 6.07) is 0. The largest absolute Gasteiger partial charge is 0.381 e. The molecule has 0 aromatic heterocycles. The monoisotopic (exact) mass is 292 g/mol. The summed E-state index contributed by atoms with van der Waals surface area (Å²) < 4.78 is 16.9. The zero-order valence-electron chi connectivity index (χ0n) is 9.75. The number of halogens is 1. The normalized spacial score (nSPS) is 26.8. The molecule has 0 aromatic rings. The van der Waals surface area contributed by atoms with Gasteiger partial charge in [-0.15, -0.1) is 0 Å². The zero-order chi connectivity index (χ0) is 11.3. The molecular weight excluding hydrogens is 272 g/mol. The molecule has 0 spiro atoms. The average Bonchev–Trinajstić information content (AvgIpc) is 2.39. The summed E-state index contributed by atoms with van der Waals surface area (Å²) in [7, 11) is 0. The first-order valence-corrected chi connectivity index (χ1v) is 7.32. The smallest absolute Gasteiger partial charge is 0.0822 e. The van der Waals surface area contributed by atoms with Gasteiger partial charge in [-0.1, -0.05) is 15.9 Å². The van der Waals surface area contributed by atoms with Crippen molar-refractivity contribution in [3.8, 4) is 0 Å². The summed E-state index contributed by atoms with van der Waals surface area (Å²) in [5.74, 6) is 0.688. The van der Waals surface area contributed by atoms with Crippen molar-refractivity contribution in [3.63, 3.8) is 0 Å². The van der Waals surface area contributed by atoms with Crippen molar-refractivity contribution in [2.45, 2.75) is 31.3 Å². The Morgan fingerprint density at radius 2 is 1.69 bits per heavy atom. The van der Waals surface area contributed by atoms with Crippen molar-refractivity contribution >= 4 is 15.9 Å². The van der Waals surface area contributed by atoms with Crippen molar-refractivity contribution in [3.05, 3.63) is 0 Å². The average molecular weight is 293 g/mol. The van der Waals surface area contributed by atoms with Crippen LogP contribution < -0.4 is 0 Å². The first-order chi connectivity index (χ1) is 7.85. The van der Waals surface area contributed by atoms with Crippen LogP contribution in [0.3, 0.4) is 0 Å². The topological polar surface area (TPSA) is 27.7 Å². The number of ether oxygens (including phenoxy) is 3. The van der Waals surface area contributed by atoms with E-state index in [2.05, 4.69) is 15.9 Å². The summed E-state index contributed by atoms with van der Waals surface area (Å²) in [6.07, 6.45) is 4.33. The van der Waals surface area contributed by atoms with E-state index in [0.717, 1.165) is 64.0 Å². The Bertz CT molecular complexity index is 198. The van der Waals surface area contributed by atoms with E-state index in [-0.39, 0.29) is 5.60 Å². The maximum Gasteiger partial charge on any atom is 0.0822 e. The van der Waals surface area contributed by atoms with Crippen LogP contribution in [0.25, 0.3) is 0 Å². The molecule has 3 nitrogen and oxygen atoms in total. The number of rotatable bonds is 4. The van der Waals surface area contributed by atoms with Crippen LogP contribution in [0.15, 0.2) is 0 Å². The van der Waals surface area contributed by atoms with Crippen LogP contribution in [0.1, 0.15) is 25.7 Å². The minimum atomic E-state index is 0.0244. The predicted octanol–water partition coefficient (Wildman–Crippen LogP) is 2.37. The standard InChI is InChI=1S/C12H21BrO3/c13-10-12(3-7-15-8-4-12)16-9-11-1-5-14-6-2-11/h11H,1-10H2. The maximum absolute atomic E-state index is 6.18. The second-order valence-corrected chi connectivity index (χ2v) is 5.36. The molecule has 0 N–H and O–H groups in total. The third-order valence-corrected chi connectivity index (χ3v) is 4.64. The van der Waals surface area contributed by atoms with Gasteiger partial charge in [0.25, 0.3) is 0 Å². The fourth-order valence-corrected chi connectivity index (χ4v) is 2.99. The van der Waals surface area contributed by atoms with Gasteiger partial charge < -0.3 is 14.2 Å². The molecule has 0 radical (unpaired) electrons. The van der Waals surface area contributed by atoms with Gasteiger partial charge in [-0.2, -0.15) is 0 Å². The minimum absolute atomic E-state index is 0.0244. The van der Waals surface area contributed by atoms with Crippen molar-refractivity contribution in [1.82, 2.24) is 0 Å². The van der Waals surface area contributed by atoms with Gasteiger partial charge in [0, 0.05) is 44.6 Å². The van der Waals surface area contributed by atoms with Gasteiger partial charge in [0.15, 0.2) is 0 Å². The summed E-state index contributed by atoms with van der Waals surface area (Å²) in [6.45, 7) is 4.35. The molecule has 0 bridgehead atoms. The molecule has 2 aliphatic rings. The summed E-state index contributed by atoms with van der Waals surface area (Å²) >= 11 is 3.59. The molecular formula is C12H21BrO3. The van der Waals surface area contributed by atoms with E-state index >= 15 is 0 Å². The van der Waals surface area contributed by atoms with Crippen LogP contribution in [0.5, 0.6) is 0 Å². The highest BCUT2D eigenvalue weighted by Crippen LogP contribution is 2.29. The summed E-state index contributed by atoms with van der Waals surface area (Å²) in [4.78, 5) is 0. The molecule has 2 aliphatic heterocycles. The lowest BCUT2D eigenvalue weighted by atomic mass is 9.95. The Labute approximate surface area is 106 Å². The van der Waals surface area contributed by atoms with E-state index in [1.807, 2.05) is 0 Å². The van der Waals surface area contributed by atoms with Gasteiger partial charge in [-0.25, -0.2) is 0 Å². The summed E-state index contributed by atoms with van der Waals surface area (Å²) in [5.41, 5.74) is 0.0244. The molecule has 2 heterocycles. The molecule has 0 unspecified atom stereocenters. The van der Waals surface area contributed by atoms with Crippen LogP contribution in [0.4, 0.5) is 0 Å². The van der Waals surface area contributed by atoms with Gasteiger partial charge in [-0.3, -0.25) is 0 Å². The molecule has 0 aliphatic carbocycles. The molecule has 0 atom stereocenters. The molecule has 0 amide bonds. The maximum atomic E-state index is 6.18. The van der Waals surface area contributed by atoms with Gasteiger partial charge in [0.05, 0.1) is 12.2 Å². The Hall–Kier alpha value is 0.360. The van der Waals surface area contributed by atoms with Crippen LogP contribution in [0.2, 0.25) is 0 Å². The van der Waals surface area contributed by atoms with Gasteiger partial charge in [0.2, 0.25) is 0 Å². The predicted molar refractivity (Wildman–Crippen MR) is 66.1 cm³/mol. The molecule has 4 heteroatoms. The molecule has 2 rings (SSSR count). The van der Waals surface area contributed by atoms with E-state index < -0.39 is 0 Å². The lowest BCUT2D eigenvalue weighted by Crippen LogP contribution is -2.42. The lowest BCUT2D eigenvalue weighted by molar-refractivity contribution is -0.112. The van der Waals surface area contributed by atoms with Crippen molar-refractivity contribution < 1.29 is 14.2 Å². The second-order valence-electron chi connectivity index (χ2n) is 4.80. The second kappa shape index (κ2) is 6.34. The van der Waals surface area contributed by atoms with Crippen LogP contribution >= 0.6 is 15.9 Å². The highest BCUT2D eigenvalue weighted by molar-refractivity contribution is 9.09. The van der Waals surface area contributed by atoms with E-state index in [0.29, 0.717) is 5.92 Å². The Balaban J connectivity index is 1.77. The number of hydrogen-bond acceptors (Lipinski definition) is 3. The summed E-state index contributed by atoms with van der Waals surface area (Å²) in [5, 5.41) is 0.923. The Morgan fingerprint density at radius 1 is 1.06 bits per heavy atom. The van der Waals surface area contributed by atoms with Gasteiger partial charge in [-0.05, 0) is 18.8 Å². The van der Waals surface area contributed by atoms with E-state index in [1.54, 1.807) is 0 Å². The first kappa shape index (κ1) is 12.8. The van der Waals surface area contributed by atoms with Crippen LogP contribution in [0, 0.1) is 5.92 Å². The zero-order valence-corrected chi connectivity index (χ0v) is 11.3. The molecule has 0 aromatic carbocycles. The first-order valence-electron chi connectivity index (χ1n) is 6.20. The van der Waals surface area contributed by atoms with Crippen molar-refractivity contribution in [1.29, 1.82) is 0 Å². The van der Waals surface area contributed by atoms with Gasteiger partial charge in [0.1, 0.15) is 0 Å². The van der Waals surface area contributed by atoms with Crippen LogP contribution in [-0.4, -0.2) is 44.0 Å². The van der Waals surface area contributed by atoms with Crippen molar-refractivity contribution in [2.75, 3.05) is 38.4 Å². The molecule has 94 valence electrons. The van der Waals surface area contributed by atoms with E-state index in [1.165, 1.54) is 0 Å². The highest BCUT2D eigenvalue weighted by atomic mass is 79.9. The number of alkyl halides is 1. The Morgan fingerprint density at radius 3 is 2.31 bits per heavy atom. The van der Waals surface area contributed by atoms with Gasteiger partial charge >= 0.3 is 0 Å². The third kappa shape index (κ3) is 3.42. The lowest BCUT2D eigenvalue weighted by Gasteiger charge is -2.37. The van der Waals surface area contributed by atoms with E-state index in [4.69, 9.17) is 14.2 Å². The highest BCUT2D eigenvalue weighted by Gasteiger charge is 2.33. The Kier molecular flexibility index (Phi) is 5.07. The molecule has 0 saturated carbocycles. The molecule has 2 fully saturated rings. The third-order valence-electron chi connectivity index (χ3n) is 3.61. The SMILES string of the molecule is BrCC1(OCC2CCOCC2)CCOCC1. The van der Waals surface area contributed by atoms with E-state index in [9.17, 15) is 0 Å². The molecule has 16 heavy (non-hydrogen) atoms. The fourth-order valence-electron chi connectivity index (χ4n) is 2.27.